The predicted octanol–water partition coefficient (Wildman–Crippen LogP) is 2.21. The van der Waals surface area contributed by atoms with E-state index < -0.39 is 4.92 Å². The molecule has 0 fully saturated rings. The summed E-state index contributed by atoms with van der Waals surface area (Å²) in [7, 11) is 1.59. The fourth-order valence-corrected chi connectivity index (χ4v) is 2.06. The first-order valence-electron chi connectivity index (χ1n) is 6.72. The van der Waals surface area contributed by atoms with Gasteiger partial charge in [-0.2, -0.15) is 4.98 Å². The van der Waals surface area contributed by atoms with Crippen LogP contribution in [0.25, 0.3) is 11.4 Å². The molecule has 2 aromatic heterocycles. The first kappa shape index (κ1) is 14.7. The highest BCUT2D eigenvalue weighted by atomic mass is 16.6. The lowest BCUT2D eigenvalue weighted by Crippen LogP contribution is -2.00. The molecule has 0 aliphatic heterocycles. The monoisotopic (exact) mass is 315 g/mol. The summed E-state index contributed by atoms with van der Waals surface area (Å²) in [4.78, 5) is 18.3. The van der Waals surface area contributed by atoms with E-state index in [1.165, 1.54) is 6.20 Å². The van der Waals surface area contributed by atoms with Gasteiger partial charge in [-0.05, 0) is 34.2 Å². The summed E-state index contributed by atoms with van der Waals surface area (Å²) in [5, 5.41) is 14.6. The summed E-state index contributed by atoms with van der Waals surface area (Å²) >= 11 is 0. The molecule has 23 heavy (non-hydrogen) atoms. The molecule has 9 nitrogen and oxygen atoms in total. The third-order valence-electron chi connectivity index (χ3n) is 3.27. The van der Waals surface area contributed by atoms with E-state index in [1.54, 1.807) is 30.7 Å². The lowest BCUT2D eigenvalue weighted by molar-refractivity contribution is -0.389. The second-order valence-electron chi connectivity index (χ2n) is 4.77. The van der Waals surface area contributed by atoms with E-state index in [9.17, 15) is 10.1 Å². The van der Waals surface area contributed by atoms with Crippen LogP contribution < -0.4 is 4.74 Å². The van der Waals surface area contributed by atoms with Crippen LogP contribution in [0.15, 0.2) is 35.0 Å². The number of methoxy groups -OCH3 is 1. The topological polar surface area (TPSA) is 109 Å². The van der Waals surface area contributed by atoms with Crippen LogP contribution in [-0.2, 0) is 6.54 Å². The van der Waals surface area contributed by atoms with Gasteiger partial charge >= 0.3 is 5.82 Å². The van der Waals surface area contributed by atoms with Gasteiger partial charge in [0.2, 0.25) is 17.5 Å². The van der Waals surface area contributed by atoms with Crippen molar-refractivity contribution in [2.24, 2.45) is 0 Å². The number of hydrogen-bond donors (Lipinski definition) is 0. The van der Waals surface area contributed by atoms with E-state index in [4.69, 9.17) is 9.26 Å². The molecule has 0 aliphatic carbocycles. The summed E-state index contributed by atoms with van der Waals surface area (Å²) in [5.41, 5.74) is 0.786. The molecule has 3 rings (SSSR count). The smallest absolute Gasteiger partial charge is 0.381 e. The van der Waals surface area contributed by atoms with Crippen LogP contribution in [0.4, 0.5) is 5.82 Å². The summed E-state index contributed by atoms with van der Waals surface area (Å²) in [6.07, 6.45) is 1.34. The zero-order chi connectivity index (χ0) is 16.4. The average molecular weight is 315 g/mol. The Morgan fingerprint density at radius 3 is 2.65 bits per heavy atom. The lowest BCUT2D eigenvalue weighted by atomic mass is 10.2. The molecule has 118 valence electrons. The van der Waals surface area contributed by atoms with Crippen molar-refractivity contribution in [1.29, 1.82) is 0 Å². The first-order chi connectivity index (χ1) is 11.1. The molecule has 0 bridgehead atoms. The highest BCUT2D eigenvalue weighted by Gasteiger charge is 2.17. The second-order valence-corrected chi connectivity index (χ2v) is 4.77. The van der Waals surface area contributed by atoms with Crippen molar-refractivity contribution < 1.29 is 14.2 Å². The molecular weight excluding hydrogens is 302 g/mol. The predicted molar refractivity (Wildman–Crippen MR) is 79.0 cm³/mol. The van der Waals surface area contributed by atoms with Gasteiger partial charge < -0.3 is 19.4 Å². The minimum atomic E-state index is -0.542. The Morgan fingerprint density at radius 2 is 2.04 bits per heavy atom. The van der Waals surface area contributed by atoms with Crippen molar-refractivity contribution in [1.82, 2.24) is 19.7 Å². The lowest BCUT2D eigenvalue weighted by Gasteiger charge is -1.99. The number of hydrogen-bond acceptors (Lipinski definition) is 7. The molecule has 1 aromatic carbocycles. The maximum Gasteiger partial charge on any atom is 0.381 e. The number of nitrogens with zero attached hydrogens (tertiary/aromatic N) is 5. The van der Waals surface area contributed by atoms with Crippen LogP contribution in [-0.4, -0.2) is 31.7 Å². The van der Waals surface area contributed by atoms with Gasteiger partial charge in [0.15, 0.2) is 0 Å². The Morgan fingerprint density at radius 1 is 1.30 bits per heavy atom. The van der Waals surface area contributed by atoms with Gasteiger partial charge in [0.25, 0.3) is 0 Å². The van der Waals surface area contributed by atoms with E-state index in [0.717, 1.165) is 11.3 Å². The van der Waals surface area contributed by atoms with E-state index in [0.29, 0.717) is 17.5 Å². The third-order valence-corrected chi connectivity index (χ3v) is 3.27. The van der Waals surface area contributed by atoms with Gasteiger partial charge in [0.1, 0.15) is 18.5 Å². The number of aromatic nitrogens is 4. The SMILES string of the molecule is COc1ccc(-c2noc(Cn3cc([N+](=O)[O-])nc3C)n2)cc1. The van der Waals surface area contributed by atoms with E-state index >= 15 is 0 Å². The summed E-state index contributed by atoms with van der Waals surface area (Å²) in [5.74, 6) is 1.80. The largest absolute Gasteiger partial charge is 0.497 e. The highest BCUT2D eigenvalue weighted by Crippen LogP contribution is 2.20. The molecule has 0 N–H and O–H groups in total. The molecule has 9 heteroatoms. The molecule has 0 saturated carbocycles. The zero-order valence-corrected chi connectivity index (χ0v) is 12.5. The van der Waals surface area contributed by atoms with Crippen molar-refractivity contribution >= 4 is 5.82 Å². The van der Waals surface area contributed by atoms with Gasteiger partial charge in [-0.3, -0.25) is 4.57 Å². The number of nitro groups is 1. The van der Waals surface area contributed by atoms with E-state index in [-0.39, 0.29) is 12.4 Å². The van der Waals surface area contributed by atoms with Crippen LogP contribution >= 0.6 is 0 Å². The first-order valence-corrected chi connectivity index (χ1v) is 6.72. The van der Waals surface area contributed by atoms with Gasteiger partial charge in [-0.15, -0.1) is 0 Å². The molecule has 2 heterocycles. The summed E-state index contributed by atoms with van der Waals surface area (Å²) in [6, 6.07) is 7.24. The number of ether oxygens (including phenoxy) is 1. The zero-order valence-electron chi connectivity index (χ0n) is 12.5. The number of rotatable bonds is 5. The average Bonchev–Trinajstić information content (AvgIpc) is 3.15. The molecule has 0 spiro atoms. The highest BCUT2D eigenvalue weighted by molar-refractivity contribution is 5.55. The number of benzene rings is 1. The van der Waals surface area contributed by atoms with Gasteiger partial charge in [-0.25, -0.2) is 0 Å². The Labute approximate surface area is 130 Å². The van der Waals surface area contributed by atoms with E-state index in [1.807, 2.05) is 12.1 Å². The second kappa shape index (κ2) is 5.87. The van der Waals surface area contributed by atoms with Crippen molar-refractivity contribution in [3.8, 4) is 17.1 Å². The summed E-state index contributed by atoms with van der Waals surface area (Å²) in [6.45, 7) is 1.89. The summed E-state index contributed by atoms with van der Waals surface area (Å²) < 4.78 is 11.9. The minimum absolute atomic E-state index is 0.211. The fraction of sp³-hybridized carbons (Fsp3) is 0.214. The molecule has 0 amide bonds. The van der Waals surface area contributed by atoms with Gasteiger partial charge in [0.05, 0.1) is 7.11 Å². The van der Waals surface area contributed by atoms with E-state index in [2.05, 4.69) is 15.1 Å². The maximum atomic E-state index is 10.7. The molecule has 0 unspecified atom stereocenters. The standard InChI is InChI=1S/C14H13N5O4/c1-9-15-12(19(20)21)7-18(9)8-13-16-14(17-23-13)10-3-5-11(22-2)6-4-10/h3-7H,8H2,1-2H3. The number of imidazole rings is 1. The van der Waals surface area contributed by atoms with Gasteiger partial charge in [-0.1, -0.05) is 5.16 Å². The molecule has 0 atom stereocenters. The van der Waals surface area contributed by atoms with Crippen LogP contribution in [0.2, 0.25) is 0 Å². The van der Waals surface area contributed by atoms with Crippen LogP contribution in [0.5, 0.6) is 5.75 Å². The molecule has 0 saturated heterocycles. The fourth-order valence-electron chi connectivity index (χ4n) is 2.06. The van der Waals surface area contributed by atoms with Crippen molar-refractivity contribution in [3.63, 3.8) is 0 Å². The Hall–Kier alpha value is -3.23. The Kier molecular flexibility index (Phi) is 3.75. The quantitative estimate of drug-likeness (QED) is 0.524. The molecular formula is C14H13N5O4. The number of aryl methyl sites for hydroxylation is 1. The van der Waals surface area contributed by atoms with Crippen LogP contribution in [0, 0.1) is 17.0 Å². The Bertz CT molecular complexity index is 837. The molecule has 0 aliphatic rings. The normalized spacial score (nSPS) is 10.7. The van der Waals surface area contributed by atoms with Crippen molar-refractivity contribution in [2.75, 3.05) is 7.11 Å². The third kappa shape index (κ3) is 3.03. The van der Waals surface area contributed by atoms with Crippen molar-refractivity contribution in [2.45, 2.75) is 13.5 Å². The Balaban J connectivity index is 1.80. The minimum Gasteiger partial charge on any atom is -0.497 e. The van der Waals surface area contributed by atoms with Crippen LogP contribution in [0.1, 0.15) is 11.7 Å². The van der Waals surface area contributed by atoms with Crippen LogP contribution in [0.3, 0.4) is 0 Å². The molecule has 3 aromatic rings. The van der Waals surface area contributed by atoms with Crippen molar-refractivity contribution in [3.05, 3.63) is 52.3 Å². The van der Waals surface area contributed by atoms with Gasteiger partial charge in [0, 0.05) is 12.5 Å². The molecule has 0 radical (unpaired) electrons. The maximum absolute atomic E-state index is 10.7.